The van der Waals surface area contributed by atoms with Crippen LogP contribution in [0.4, 0.5) is 0 Å². The van der Waals surface area contributed by atoms with Crippen molar-refractivity contribution in [3.05, 3.63) is 0 Å². The number of carbonyl (C=O) groups is 2. The van der Waals surface area contributed by atoms with Gasteiger partial charge in [0.25, 0.3) is 0 Å². The standard InChI is InChI=1S/C13H24N2O4/c1-9(10-4-3-5-14-7-10)6-12(16)15-8-11(19-2)13(17)18/h9-11,14H,3-8H2,1-2H3,(H,15,16)(H,17,18). The summed E-state index contributed by atoms with van der Waals surface area (Å²) in [5, 5.41) is 14.7. The molecule has 1 aliphatic heterocycles. The van der Waals surface area contributed by atoms with Gasteiger partial charge in [-0.15, -0.1) is 0 Å². The van der Waals surface area contributed by atoms with Crippen molar-refractivity contribution in [2.45, 2.75) is 32.3 Å². The molecule has 19 heavy (non-hydrogen) atoms. The summed E-state index contributed by atoms with van der Waals surface area (Å²) < 4.78 is 4.76. The van der Waals surface area contributed by atoms with Crippen LogP contribution in [0.3, 0.4) is 0 Å². The Hall–Kier alpha value is -1.14. The Balaban J connectivity index is 2.27. The number of nitrogens with one attached hydrogen (secondary N) is 2. The molecule has 0 radical (unpaired) electrons. The second kappa shape index (κ2) is 8.12. The van der Waals surface area contributed by atoms with Crippen molar-refractivity contribution in [2.75, 3.05) is 26.7 Å². The summed E-state index contributed by atoms with van der Waals surface area (Å²) in [7, 11) is 1.32. The third-order valence-corrected chi connectivity index (χ3v) is 3.69. The van der Waals surface area contributed by atoms with Crippen molar-refractivity contribution in [1.29, 1.82) is 0 Å². The zero-order valence-corrected chi connectivity index (χ0v) is 11.6. The van der Waals surface area contributed by atoms with Crippen molar-refractivity contribution >= 4 is 11.9 Å². The maximum absolute atomic E-state index is 11.8. The minimum atomic E-state index is -1.06. The molecule has 1 heterocycles. The van der Waals surface area contributed by atoms with Crippen LogP contribution in [0.5, 0.6) is 0 Å². The molecule has 3 unspecified atom stereocenters. The number of carboxylic acids is 1. The van der Waals surface area contributed by atoms with E-state index in [9.17, 15) is 9.59 Å². The minimum Gasteiger partial charge on any atom is -0.479 e. The highest BCUT2D eigenvalue weighted by atomic mass is 16.5. The Kier molecular flexibility index (Phi) is 6.80. The molecule has 0 aromatic heterocycles. The van der Waals surface area contributed by atoms with Crippen LogP contribution in [-0.4, -0.2) is 49.8 Å². The zero-order chi connectivity index (χ0) is 14.3. The first kappa shape index (κ1) is 15.9. The smallest absolute Gasteiger partial charge is 0.334 e. The predicted octanol–water partition coefficient (Wildman–Crippen LogP) is 0.228. The first-order valence-corrected chi connectivity index (χ1v) is 6.77. The van der Waals surface area contributed by atoms with Crippen molar-refractivity contribution in [3.8, 4) is 0 Å². The molecule has 0 bridgehead atoms. The molecule has 0 aromatic rings. The number of rotatable bonds is 7. The van der Waals surface area contributed by atoms with Gasteiger partial charge in [0.05, 0.1) is 6.54 Å². The van der Waals surface area contributed by atoms with E-state index in [2.05, 4.69) is 17.6 Å². The molecule has 1 amide bonds. The van der Waals surface area contributed by atoms with Gasteiger partial charge in [0, 0.05) is 13.5 Å². The van der Waals surface area contributed by atoms with Gasteiger partial charge in [0.1, 0.15) is 0 Å². The topological polar surface area (TPSA) is 87.7 Å². The lowest BCUT2D eigenvalue weighted by molar-refractivity contribution is -0.148. The molecule has 6 nitrogen and oxygen atoms in total. The molecule has 1 fully saturated rings. The third-order valence-electron chi connectivity index (χ3n) is 3.69. The Morgan fingerprint density at radius 1 is 1.53 bits per heavy atom. The highest BCUT2D eigenvalue weighted by Crippen LogP contribution is 2.22. The SMILES string of the molecule is COC(CNC(=O)CC(C)C1CCCNC1)C(=O)O. The van der Waals surface area contributed by atoms with Crippen molar-refractivity contribution < 1.29 is 19.4 Å². The Morgan fingerprint density at radius 2 is 2.26 bits per heavy atom. The molecule has 0 saturated carbocycles. The molecule has 1 saturated heterocycles. The summed E-state index contributed by atoms with van der Waals surface area (Å²) in [5.74, 6) is -0.343. The number of ether oxygens (including phenoxy) is 1. The van der Waals surface area contributed by atoms with E-state index in [4.69, 9.17) is 9.84 Å². The lowest BCUT2D eigenvalue weighted by Gasteiger charge is -2.28. The van der Waals surface area contributed by atoms with E-state index in [1.54, 1.807) is 0 Å². The monoisotopic (exact) mass is 272 g/mol. The molecule has 0 spiro atoms. The van der Waals surface area contributed by atoms with Crippen LogP contribution in [-0.2, 0) is 14.3 Å². The fourth-order valence-corrected chi connectivity index (χ4v) is 2.37. The molecule has 3 atom stereocenters. The second-order valence-electron chi connectivity index (χ2n) is 5.15. The van der Waals surface area contributed by atoms with Crippen LogP contribution < -0.4 is 10.6 Å². The predicted molar refractivity (Wildman–Crippen MR) is 70.8 cm³/mol. The van der Waals surface area contributed by atoms with E-state index in [1.807, 2.05) is 0 Å². The summed E-state index contributed by atoms with van der Waals surface area (Å²) >= 11 is 0. The van der Waals surface area contributed by atoms with Crippen molar-refractivity contribution in [3.63, 3.8) is 0 Å². The van der Waals surface area contributed by atoms with E-state index >= 15 is 0 Å². The summed E-state index contributed by atoms with van der Waals surface area (Å²) in [6.45, 7) is 4.11. The summed E-state index contributed by atoms with van der Waals surface area (Å²) in [4.78, 5) is 22.5. The molecule has 1 aliphatic rings. The molecule has 110 valence electrons. The molecule has 0 aromatic carbocycles. The Morgan fingerprint density at radius 3 is 2.79 bits per heavy atom. The van der Waals surface area contributed by atoms with Gasteiger partial charge in [-0.25, -0.2) is 4.79 Å². The number of hydrogen-bond acceptors (Lipinski definition) is 4. The number of aliphatic carboxylic acids is 1. The molecule has 1 rings (SSSR count). The molecule has 6 heteroatoms. The first-order valence-electron chi connectivity index (χ1n) is 6.77. The van der Waals surface area contributed by atoms with Gasteiger partial charge in [-0.3, -0.25) is 4.79 Å². The van der Waals surface area contributed by atoms with Crippen molar-refractivity contribution in [1.82, 2.24) is 10.6 Å². The number of hydrogen-bond donors (Lipinski definition) is 3. The van der Waals surface area contributed by atoms with Gasteiger partial charge < -0.3 is 20.5 Å². The highest BCUT2D eigenvalue weighted by molar-refractivity contribution is 5.78. The molecular formula is C13H24N2O4. The summed E-state index contributed by atoms with van der Waals surface area (Å²) in [5.41, 5.74) is 0. The van der Waals surface area contributed by atoms with Crippen LogP contribution in [0.1, 0.15) is 26.2 Å². The largest absolute Gasteiger partial charge is 0.479 e. The Labute approximate surface area is 113 Å². The van der Waals surface area contributed by atoms with Gasteiger partial charge in [0.15, 0.2) is 6.10 Å². The van der Waals surface area contributed by atoms with E-state index in [0.29, 0.717) is 18.3 Å². The van der Waals surface area contributed by atoms with Crippen LogP contribution in [0.15, 0.2) is 0 Å². The second-order valence-corrected chi connectivity index (χ2v) is 5.15. The molecular weight excluding hydrogens is 248 g/mol. The quantitative estimate of drug-likeness (QED) is 0.617. The van der Waals surface area contributed by atoms with E-state index in [0.717, 1.165) is 25.9 Å². The lowest BCUT2D eigenvalue weighted by Crippen LogP contribution is -2.39. The first-order chi connectivity index (χ1) is 9.04. The molecule has 3 N–H and O–H groups in total. The van der Waals surface area contributed by atoms with Gasteiger partial charge in [-0.05, 0) is 37.8 Å². The van der Waals surface area contributed by atoms with Crippen LogP contribution in [0, 0.1) is 11.8 Å². The summed E-state index contributed by atoms with van der Waals surface area (Å²) in [6.07, 6.45) is 1.76. The van der Waals surface area contributed by atoms with E-state index < -0.39 is 12.1 Å². The zero-order valence-electron chi connectivity index (χ0n) is 11.6. The van der Waals surface area contributed by atoms with E-state index in [-0.39, 0.29) is 12.5 Å². The van der Waals surface area contributed by atoms with E-state index in [1.165, 1.54) is 7.11 Å². The summed E-state index contributed by atoms with van der Waals surface area (Å²) in [6, 6.07) is 0. The van der Waals surface area contributed by atoms with Gasteiger partial charge in [-0.1, -0.05) is 6.92 Å². The van der Waals surface area contributed by atoms with Crippen molar-refractivity contribution in [2.24, 2.45) is 11.8 Å². The third kappa shape index (κ3) is 5.57. The lowest BCUT2D eigenvalue weighted by atomic mass is 9.85. The number of amides is 1. The minimum absolute atomic E-state index is 0.0142. The average molecular weight is 272 g/mol. The maximum Gasteiger partial charge on any atom is 0.334 e. The van der Waals surface area contributed by atoms with Crippen LogP contribution >= 0.6 is 0 Å². The molecule has 0 aliphatic carbocycles. The number of carbonyl (C=O) groups excluding carboxylic acids is 1. The Bertz CT molecular complexity index is 303. The number of carboxylic acid groups (broad SMARTS) is 1. The van der Waals surface area contributed by atoms with Crippen LogP contribution in [0.2, 0.25) is 0 Å². The van der Waals surface area contributed by atoms with Crippen LogP contribution in [0.25, 0.3) is 0 Å². The number of methoxy groups -OCH3 is 1. The normalized spacial score (nSPS) is 22.5. The highest BCUT2D eigenvalue weighted by Gasteiger charge is 2.23. The fourth-order valence-electron chi connectivity index (χ4n) is 2.37. The van der Waals surface area contributed by atoms with Gasteiger partial charge in [0.2, 0.25) is 5.91 Å². The van der Waals surface area contributed by atoms with Gasteiger partial charge in [-0.2, -0.15) is 0 Å². The fraction of sp³-hybridized carbons (Fsp3) is 0.846. The van der Waals surface area contributed by atoms with Gasteiger partial charge >= 0.3 is 5.97 Å². The average Bonchev–Trinajstić information content (AvgIpc) is 2.40. The number of piperidine rings is 1. The maximum atomic E-state index is 11.8.